The summed E-state index contributed by atoms with van der Waals surface area (Å²) < 4.78 is 0. The van der Waals surface area contributed by atoms with Gasteiger partial charge in [-0.15, -0.1) is 0 Å². The number of aromatic amines is 2. The highest BCUT2D eigenvalue weighted by Gasteiger charge is 2.24. The third-order valence-corrected chi connectivity index (χ3v) is 4.22. The average molecular weight is 325 g/mol. The maximum Gasteiger partial charge on any atom is 0.255 e. The molecule has 3 rings (SSSR count). The zero-order valence-corrected chi connectivity index (χ0v) is 14.5. The lowest BCUT2D eigenvalue weighted by molar-refractivity contribution is 0.0922. The number of H-pyrrole nitrogens is 2. The number of carbonyl (C=O) groups excluding carboxylic acids is 1. The molecule has 0 saturated heterocycles. The Bertz CT molecular complexity index is 861. The molecule has 1 amide bonds. The van der Waals surface area contributed by atoms with E-state index in [1.807, 2.05) is 26.0 Å². The molecule has 2 aromatic heterocycles. The number of amides is 1. The van der Waals surface area contributed by atoms with Crippen LogP contribution in [0.2, 0.25) is 0 Å². The molecule has 6 nitrogen and oxygen atoms in total. The monoisotopic (exact) mass is 325 g/mol. The first-order valence-electron chi connectivity index (χ1n) is 8.29. The standard InChI is InChI=1S/C18H23N5O/c1-5-13-12(9-19-23-13)18(24)22-16(10(2)3)17-20-14-7-6-11(4)8-15(14)21-17/h6-10,16H,5H2,1-4H3,(H,19,23)(H,20,21)(H,22,24)/t16-/m1/s1. The van der Waals surface area contributed by atoms with E-state index in [1.54, 1.807) is 6.20 Å². The third-order valence-electron chi connectivity index (χ3n) is 4.22. The molecule has 0 aliphatic carbocycles. The second-order valence-electron chi connectivity index (χ2n) is 6.45. The van der Waals surface area contributed by atoms with Crippen LogP contribution >= 0.6 is 0 Å². The quantitative estimate of drug-likeness (QED) is 0.673. The molecule has 0 fully saturated rings. The van der Waals surface area contributed by atoms with E-state index < -0.39 is 0 Å². The number of rotatable bonds is 5. The van der Waals surface area contributed by atoms with Crippen LogP contribution in [0.15, 0.2) is 24.4 Å². The van der Waals surface area contributed by atoms with Gasteiger partial charge >= 0.3 is 0 Å². The molecular formula is C18H23N5O. The zero-order valence-electron chi connectivity index (χ0n) is 14.5. The molecule has 6 heteroatoms. The predicted octanol–water partition coefficient (Wildman–Crippen LogP) is 3.28. The highest BCUT2D eigenvalue weighted by atomic mass is 16.1. The van der Waals surface area contributed by atoms with E-state index in [4.69, 9.17) is 0 Å². The Morgan fingerprint density at radius 3 is 2.83 bits per heavy atom. The number of benzene rings is 1. The first-order chi connectivity index (χ1) is 11.5. The van der Waals surface area contributed by atoms with Gasteiger partial charge in [0.1, 0.15) is 5.82 Å². The summed E-state index contributed by atoms with van der Waals surface area (Å²) in [6, 6.07) is 5.91. The minimum absolute atomic E-state index is 0.129. The van der Waals surface area contributed by atoms with E-state index in [9.17, 15) is 4.79 Å². The number of nitrogens with one attached hydrogen (secondary N) is 3. The van der Waals surface area contributed by atoms with Crippen LogP contribution in [-0.4, -0.2) is 26.1 Å². The summed E-state index contributed by atoms with van der Waals surface area (Å²) >= 11 is 0. The van der Waals surface area contributed by atoms with Crippen LogP contribution in [0.4, 0.5) is 0 Å². The average Bonchev–Trinajstić information content (AvgIpc) is 3.17. The largest absolute Gasteiger partial charge is 0.342 e. The SMILES string of the molecule is CCc1[nH]ncc1C(=O)N[C@@H](c1nc2ccc(C)cc2[nH]1)C(C)C. The number of aromatic nitrogens is 4. The Labute approximate surface area is 141 Å². The minimum Gasteiger partial charge on any atom is -0.342 e. The van der Waals surface area contributed by atoms with Crippen LogP contribution in [0.5, 0.6) is 0 Å². The lowest BCUT2D eigenvalue weighted by atomic mass is 10.0. The number of aryl methyl sites for hydroxylation is 2. The van der Waals surface area contributed by atoms with Crippen molar-refractivity contribution in [3.63, 3.8) is 0 Å². The van der Waals surface area contributed by atoms with Gasteiger partial charge in [-0.25, -0.2) is 4.98 Å². The molecule has 0 aliphatic rings. The topological polar surface area (TPSA) is 86.5 Å². The maximum atomic E-state index is 12.6. The molecule has 2 heterocycles. The highest BCUT2D eigenvalue weighted by molar-refractivity contribution is 5.95. The van der Waals surface area contributed by atoms with Crippen LogP contribution in [0.25, 0.3) is 11.0 Å². The van der Waals surface area contributed by atoms with E-state index in [0.717, 1.165) is 29.0 Å². The first kappa shape index (κ1) is 16.2. The number of hydrogen-bond acceptors (Lipinski definition) is 3. The molecule has 0 aliphatic heterocycles. The summed E-state index contributed by atoms with van der Waals surface area (Å²) in [6.07, 6.45) is 2.31. The van der Waals surface area contributed by atoms with E-state index in [0.29, 0.717) is 5.56 Å². The fraction of sp³-hybridized carbons (Fsp3) is 0.389. The molecule has 24 heavy (non-hydrogen) atoms. The predicted molar refractivity (Wildman–Crippen MR) is 93.8 cm³/mol. The van der Waals surface area contributed by atoms with Crippen LogP contribution in [0, 0.1) is 12.8 Å². The molecule has 1 aromatic carbocycles. The lowest BCUT2D eigenvalue weighted by Crippen LogP contribution is -2.32. The van der Waals surface area contributed by atoms with Gasteiger partial charge in [-0.05, 0) is 37.0 Å². The van der Waals surface area contributed by atoms with Gasteiger partial charge < -0.3 is 10.3 Å². The number of carbonyl (C=O) groups is 1. The summed E-state index contributed by atoms with van der Waals surface area (Å²) in [5.74, 6) is 0.851. The zero-order chi connectivity index (χ0) is 17.3. The maximum absolute atomic E-state index is 12.6. The summed E-state index contributed by atoms with van der Waals surface area (Å²) in [7, 11) is 0. The Balaban J connectivity index is 1.90. The smallest absolute Gasteiger partial charge is 0.255 e. The van der Waals surface area contributed by atoms with Crippen molar-refractivity contribution >= 4 is 16.9 Å². The summed E-state index contributed by atoms with van der Waals surface area (Å²) in [4.78, 5) is 20.6. The molecule has 126 valence electrons. The van der Waals surface area contributed by atoms with Crippen LogP contribution in [0.1, 0.15) is 54.3 Å². The van der Waals surface area contributed by atoms with E-state index in [-0.39, 0.29) is 17.9 Å². The summed E-state index contributed by atoms with van der Waals surface area (Å²) in [5.41, 5.74) is 4.51. The van der Waals surface area contributed by atoms with Gasteiger partial charge in [0, 0.05) is 5.69 Å². The Hall–Kier alpha value is -2.63. The summed E-state index contributed by atoms with van der Waals surface area (Å²) in [5, 5.41) is 9.94. The fourth-order valence-corrected chi connectivity index (χ4v) is 2.84. The third kappa shape index (κ3) is 3.04. The van der Waals surface area contributed by atoms with Crippen molar-refractivity contribution in [2.45, 2.75) is 40.2 Å². The Kier molecular flexibility index (Phi) is 4.38. The van der Waals surface area contributed by atoms with Crippen molar-refractivity contribution in [3.8, 4) is 0 Å². The molecule has 0 radical (unpaired) electrons. The van der Waals surface area contributed by atoms with Crippen LogP contribution in [-0.2, 0) is 6.42 Å². The van der Waals surface area contributed by atoms with Gasteiger partial charge in [0.15, 0.2) is 0 Å². The molecule has 0 saturated carbocycles. The van der Waals surface area contributed by atoms with Gasteiger partial charge in [-0.2, -0.15) is 5.10 Å². The number of imidazole rings is 1. The number of fused-ring (bicyclic) bond motifs is 1. The van der Waals surface area contributed by atoms with Crippen LogP contribution in [0.3, 0.4) is 0 Å². The molecule has 0 spiro atoms. The van der Waals surface area contributed by atoms with Crippen LogP contribution < -0.4 is 5.32 Å². The minimum atomic E-state index is -0.190. The van der Waals surface area contributed by atoms with Crippen molar-refractivity contribution in [1.82, 2.24) is 25.5 Å². The van der Waals surface area contributed by atoms with Gasteiger partial charge in [-0.1, -0.05) is 26.8 Å². The van der Waals surface area contributed by atoms with Gasteiger partial charge in [0.2, 0.25) is 0 Å². The second-order valence-corrected chi connectivity index (χ2v) is 6.45. The molecule has 3 aromatic rings. The second kappa shape index (κ2) is 6.47. The molecule has 0 unspecified atom stereocenters. The first-order valence-corrected chi connectivity index (χ1v) is 8.29. The number of nitrogens with zero attached hydrogens (tertiary/aromatic N) is 2. The normalized spacial score (nSPS) is 12.7. The Morgan fingerprint density at radius 1 is 1.33 bits per heavy atom. The molecule has 1 atom stereocenters. The van der Waals surface area contributed by atoms with E-state index in [1.165, 1.54) is 5.56 Å². The molecule has 3 N–H and O–H groups in total. The molecule has 0 bridgehead atoms. The van der Waals surface area contributed by atoms with Gasteiger partial charge in [0.25, 0.3) is 5.91 Å². The fourth-order valence-electron chi connectivity index (χ4n) is 2.84. The van der Waals surface area contributed by atoms with Crippen molar-refractivity contribution in [3.05, 3.63) is 47.0 Å². The molecular weight excluding hydrogens is 302 g/mol. The van der Waals surface area contributed by atoms with Crippen molar-refractivity contribution in [1.29, 1.82) is 0 Å². The lowest BCUT2D eigenvalue weighted by Gasteiger charge is -2.20. The summed E-state index contributed by atoms with van der Waals surface area (Å²) in [6.45, 7) is 8.18. The number of hydrogen-bond donors (Lipinski definition) is 3. The van der Waals surface area contributed by atoms with Crippen molar-refractivity contribution in [2.24, 2.45) is 5.92 Å². The Morgan fingerprint density at radius 2 is 2.12 bits per heavy atom. The van der Waals surface area contributed by atoms with E-state index in [2.05, 4.69) is 45.4 Å². The highest BCUT2D eigenvalue weighted by Crippen LogP contribution is 2.23. The van der Waals surface area contributed by atoms with Crippen molar-refractivity contribution < 1.29 is 4.79 Å². The van der Waals surface area contributed by atoms with Gasteiger partial charge in [0.05, 0.1) is 28.8 Å². The van der Waals surface area contributed by atoms with Gasteiger partial charge in [-0.3, -0.25) is 9.89 Å². The van der Waals surface area contributed by atoms with Crippen molar-refractivity contribution in [2.75, 3.05) is 0 Å². The van der Waals surface area contributed by atoms with E-state index >= 15 is 0 Å².